The molecule has 2 aromatic carbocycles. The van der Waals surface area contributed by atoms with Gasteiger partial charge in [0, 0.05) is 24.7 Å². The number of hydrogen-bond acceptors (Lipinski definition) is 3. The van der Waals surface area contributed by atoms with Crippen LogP contribution in [-0.4, -0.2) is 13.1 Å². The van der Waals surface area contributed by atoms with Gasteiger partial charge in [-0.1, -0.05) is 35.3 Å². The first-order chi connectivity index (χ1) is 10.2. The topological polar surface area (TPSA) is 53.0 Å². The summed E-state index contributed by atoms with van der Waals surface area (Å²) in [5.41, 5.74) is 8.06. The minimum atomic E-state index is 0. The van der Waals surface area contributed by atoms with Crippen LogP contribution in [0.15, 0.2) is 42.5 Å². The number of benzene rings is 2. The fraction of sp³-hybridized carbons (Fsp3) is 0.188. The Bertz CT molecular complexity index is 668. The zero-order valence-electron chi connectivity index (χ0n) is 11.8. The molecule has 0 aliphatic rings. The molecule has 0 unspecified atom stereocenters. The van der Waals surface area contributed by atoms with Crippen LogP contribution in [0.1, 0.15) is 11.1 Å². The van der Waals surface area contributed by atoms with Crippen LogP contribution in [0.25, 0.3) is 0 Å². The largest absolute Gasteiger partial charge is 0.365 e. The number of anilines is 1. The van der Waals surface area contributed by atoms with Gasteiger partial charge in [-0.2, -0.15) is 5.26 Å². The summed E-state index contributed by atoms with van der Waals surface area (Å²) in [6.45, 7) is 1.67. The second-order valence-corrected chi connectivity index (χ2v) is 5.42. The summed E-state index contributed by atoms with van der Waals surface area (Å²) in [7, 11) is 0. The molecule has 2 rings (SSSR count). The van der Waals surface area contributed by atoms with Gasteiger partial charge in [-0.3, -0.25) is 0 Å². The van der Waals surface area contributed by atoms with Crippen molar-refractivity contribution in [2.24, 2.45) is 5.73 Å². The molecule has 22 heavy (non-hydrogen) atoms. The number of hydrogen-bond donors (Lipinski definition) is 1. The predicted octanol–water partition coefficient (Wildman–Crippen LogP) is 4.25. The summed E-state index contributed by atoms with van der Waals surface area (Å²) in [5, 5.41) is 10.5. The number of halogens is 3. The molecule has 0 fully saturated rings. The van der Waals surface area contributed by atoms with Crippen molar-refractivity contribution in [3.63, 3.8) is 0 Å². The molecule has 0 atom stereocenters. The third kappa shape index (κ3) is 4.53. The van der Waals surface area contributed by atoms with E-state index in [1.54, 1.807) is 18.2 Å². The maximum absolute atomic E-state index is 9.21. The lowest BCUT2D eigenvalue weighted by Crippen LogP contribution is -2.29. The predicted molar refractivity (Wildman–Crippen MR) is 95.0 cm³/mol. The van der Waals surface area contributed by atoms with Crippen molar-refractivity contribution < 1.29 is 0 Å². The second kappa shape index (κ2) is 8.87. The van der Waals surface area contributed by atoms with Crippen LogP contribution in [-0.2, 0) is 6.54 Å². The Morgan fingerprint density at radius 1 is 1.14 bits per heavy atom. The van der Waals surface area contributed by atoms with Crippen LogP contribution in [0.4, 0.5) is 5.69 Å². The first-order valence-corrected chi connectivity index (χ1v) is 7.29. The van der Waals surface area contributed by atoms with Crippen molar-refractivity contribution in [1.29, 1.82) is 5.26 Å². The quantitative estimate of drug-likeness (QED) is 0.871. The zero-order chi connectivity index (χ0) is 15.2. The zero-order valence-corrected chi connectivity index (χ0v) is 14.1. The Kier molecular flexibility index (Phi) is 7.50. The van der Waals surface area contributed by atoms with Gasteiger partial charge in [0.1, 0.15) is 0 Å². The standard InChI is InChI=1S/C16H15Cl2N3.ClH/c17-14-6-5-12(10-20)13(9-14)11-21(8-7-19)16-4-2-1-3-15(16)18;/h1-6,9H,7-8,11,19H2;1H. The van der Waals surface area contributed by atoms with Crippen molar-refractivity contribution in [2.45, 2.75) is 6.54 Å². The number of nitrogens with zero attached hydrogens (tertiary/aromatic N) is 2. The van der Waals surface area contributed by atoms with Crippen LogP contribution in [0.5, 0.6) is 0 Å². The lowest BCUT2D eigenvalue weighted by molar-refractivity contribution is 0.789. The van der Waals surface area contributed by atoms with Crippen molar-refractivity contribution >= 4 is 41.3 Å². The average Bonchev–Trinajstić information content (AvgIpc) is 2.48. The van der Waals surface area contributed by atoms with E-state index in [-0.39, 0.29) is 12.4 Å². The molecule has 0 saturated carbocycles. The van der Waals surface area contributed by atoms with Gasteiger partial charge in [0.25, 0.3) is 0 Å². The summed E-state index contributed by atoms with van der Waals surface area (Å²) < 4.78 is 0. The molecule has 0 spiro atoms. The highest BCUT2D eigenvalue weighted by molar-refractivity contribution is 6.33. The van der Waals surface area contributed by atoms with E-state index in [1.807, 2.05) is 24.3 Å². The highest BCUT2D eigenvalue weighted by Crippen LogP contribution is 2.27. The lowest BCUT2D eigenvalue weighted by atomic mass is 10.1. The number of nitrogens with two attached hydrogens (primary N) is 1. The van der Waals surface area contributed by atoms with E-state index in [1.165, 1.54) is 0 Å². The minimum absolute atomic E-state index is 0. The molecule has 3 nitrogen and oxygen atoms in total. The normalized spacial score (nSPS) is 9.73. The SMILES string of the molecule is Cl.N#Cc1ccc(Cl)cc1CN(CCN)c1ccccc1Cl. The Balaban J connectivity index is 0.00000242. The third-order valence-electron chi connectivity index (χ3n) is 3.14. The van der Waals surface area contributed by atoms with E-state index in [0.717, 1.165) is 11.3 Å². The monoisotopic (exact) mass is 355 g/mol. The molecule has 0 amide bonds. The molecule has 2 aromatic rings. The van der Waals surface area contributed by atoms with Gasteiger partial charge in [-0.25, -0.2) is 0 Å². The summed E-state index contributed by atoms with van der Waals surface area (Å²) in [4.78, 5) is 2.05. The van der Waals surface area contributed by atoms with E-state index < -0.39 is 0 Å². The molecular formula is C16H16Cl3N3. The Labute approximate surface area is 146 Å². The van der Waals surface area contributed by atoms with Crippen LogP contribution in [0.3, 0.4) is 0 Å². The fourth-order valence-corrected chi connectivity index (χ4v) is 2.61. The maximum atomic E-state index is 9.21. The molecule has 0 bridgehead atoms. The molecule has 0 saturated heterocycles. The highest BCUT2D eigenvalue weighted by Gasteiger charge is 2.12. The van der Waals surface area contributed by atoms with Gasteiger partial charge in [0.05, 0.1) is 22.3 Å². The molecule has 0 radical (unpaired) electrons. The van der Waals surface area contributed by atoms with Crippen LogP contribution in [0, 0.1) is 11.3 Å². The van der Waals surface area contributed by atoms with Crippen LogP contribution >= 0.6 is 35.6 Å². The van der Waals surface area contributed by atoms with Crippen LogP contribution < -0.4 is 10.6 Å². The molecular weight excluding hydrogens is 341 g/mol. The summed E-state index contributed by atoms with van der Waals surface area (Å²) in [6.07, 6.45) is 0. The molecule has 6 heteroatoms. The van der Waals surface area contributed by atoms with Crippen molar-refractivity contribution in [3.05, 3.63) is 63.6 Å². The van der Waals surface area contributed by atoms with E-state index in [9.17, 15) is 5.26 Å². The lowest BCUT2D eigenvalue weighted by Gasteiger charge is -2.25. The average molecular weight is 357 g/mol. The molecule has 0 aliphatic carbocycles. The van der Waals surface area contributed by atoms with Gasteiger partial charge in [0.15, 0.2) is 0 Å². The highest BCUT2D eigenvalue weighted by atomic mass is 35.5. The first-order valence-electron chi connectivity index (χ1n) is 6.53. The van der Waals surface area contributed by atoms with Gasteiger partial charge in [0.2, 0.25) is 0 Å². The smallest absolute Gasteiger partial charge is 0.0995 e. The maximum Gasteiger partial charge on any atom is 0.0995 e. The summed E-state index contributed by atoms with van der Waals surface area (Å²) in [5.74, 6) is 0. The molecule has 0 heterocycles. The number of rotatable bonds is 5. The van der Waals surface area contributed by atoms with Crippen molar-refractivity contribution in [3.8, 4) is 6.07 Å². The van der Waals surface area contributed by atoms with Gasteiger partial charge >= 0.3 is 0 Å². The van der Waals surface area contributed by atoms with Gasteiger partial charge in [-0.05, 0) is 35.9 Å². The van der Waals surface area contributed by atoms with Gasteiger partial charge < -0.3 is 10.6 Å². The molecule has 0 aromatic heterocycles. The third-order valence-corrected chi connectivity index (χ3v) is 3.70. The Morgan fingerprint density at radius 3 is 2.50 bits per heavy atom. The summed E-state index contributed by atoms with van der Waals surface area (Å²) >= 11 is 12.3. The van der Waals surface area contributed by atoms with Crippen molar-refractivity contribution in [1.82, 2.24) is 0 Å². The van der Waals surface area contributed by atoms with Gasteiger partial charge in [-0.15, -0.1) is 12.4 Å². The Hall–Kier alpha value is -1.44. The number of para-hydroxylation sites is 1. The van der Waals surface area contributed by atoms with Crippen molar-refractivity contribution in [2.75, 3.05) is 18.0 Å². The van der Waals surface area contributed by atoms with E-state index in [2.05, 4.69) is 11.0 Å². The van der Waals surface area contributed by atoms with E-state index >= 15 is 0 Å². The second-order valence-electron chi connectivity index (χ2n) is 4.57. The molecule has 116 valence electrons. The Morgan fingerprint density at radius 2 is 1.86 bits per heavy atom. The molecule has 2 N–H and O–H groups in total. The molecule has 0 aliphatic heterocycles. The van der Waals surface area contributed by atoms with E-state index in [4.69, 9.17) is 28.9 Å². The minimum Gasteiger partial charge on any atom is -0.365 e. The number of nitriles is 1. The fourth-order valence-electron chi connectivity index (χ4n) is 2.16. The first kappa shape index (κ1) is 18.6. The summed E-state index contributed by atoms with van der Waals surface area (Å²) in [6, 6.07) is 15.0. The van der Waals surface area contributed by atoms with E-state index in [0.29, 0.717) is 35.2 Å². The van der Waals surface area contributed by atoms with Crippen LogP contribution in [0.2, 0.25) is 10.0 Å².